The predicted octanol–water partition coefficient (Wildman–Crippen LogP) is 3.25. The minimum absolute atomic E-state index is 0.122. The van der Waals surface area contributed by atoms with Crippen molar-refractivity contribution in [2.45, 2.75) is 29.8 Å². The Morgan fingerprint density at radius 2 is 1.93 bits per heavy atom. The maximum absolute atomic E-state index is 13.2. The minimum Gasteiger partial charge on any atom is -0.495 e. The van der Waals surface area contributed by atoms with Crippen molar-refractivity contribution in [2.75, 3.05) is 17.9 Å². The number of carbonyl (C=O) groups excluding carboxylic acids is 1. The van der Waals surface area contributed by atoms with Crippen LogP contribution in [-0.2, 0) is 11.2 Å². The molecule has 0 spiro atoms. The molecule has 1 aliphatic rings. The van der Waals surface area contributed by atoms with Crippen LogP contribution in [0.2, 0.25) is 0 Å². The summed E-state index contributed by atoms with van der Waals surface area (Å²) in [7, 11) is 1.59. The number of aromatic nitrogens is 3. The van der Waals surface area contributed by atoms with E-state index >= 15 is 0 Å². The van der Waals surface area contributed by atoms with E-state index in [0.29, 0.717) is 16.6 Å². The number of hydrogen-bond acceptors (Lipinski definition) is 6. The van der Waals surface area contributed by atoms with Crippen molar-refractivity contribution in [3.8, 4) is 5.75 Å². The normalized spacial score (nSPS) is 18.1. The molecule has 0 aliphatic carbocycles. The molecule has 8 heteroatoms. The first kappa shape index (κ1) is 18.4. The second kappa shape index (κ2) is 7.93. The molecule has 7 nitrogen and oxygen atoms in total. The van der Waals surface area contributed by atoms with Crippen LogP contribution in [0.1, 0.15) is 24.4 Å². The summed E-state index contributed by atoms with van der Waals surface area (Å²) in [5.74, 6) is 1.34. The monoisotopic (exact) mass is 395 g/mol. The molecule has 1 amide bonds. The lowest BCUT2D eigenvalue weighted by molar-refractivity contribution is -0.116. The Morgan fingerprint density at radius 1 is 1.18 bits per heavy atom. The summed E-state index contributed by atoms with van der Waals surface area (Å²) in [6.45, 7) is 2.03. The predicted molar refractivity (Wildman–Crippen MR) is 109 cm³/mol. The third-order valence-electron chi connectivity index (χ3n) is 4.60. The van der Waals surface area contributed by atoms with Crippen molar-refractivity contribution in [2.24, 2.45) is 0 Å². The highest BCUT2D eigenvalue weighted by molar-refractivity contribution is 8.00. The van der Waals surface area contributed by atoms with Crippen LogP contribution >= 0.6 is 11.8 Å². The van der Waals surface area contributed by atoms with Gasteiger partial charge in [-0.3, -0.25) is 4.79 Å². The molecule has 1 aromatic heterocycles. The van der Waals surface area contributed by atoms with Crippen LogP contribution in [0.4, 0.5) is 5.69 Å². The molecule has 0 saturated heterocycles. The van der Waals surface area contributed by atoms with E-state index in [1.165, 1.54) is 11.8 Å². The first-order valence-electron chi connectivity index (χ1n) is 9.07. The van der Waals surface area contributed by atoms with Crippen LogP contribution < -0.4 is 15.5 Å². The number of methoxy groups -OCH3 is 1. The third kappa shape index (κ3) is 3.43. The van der Waals surface area contributed by atoms with Gasteiger partial charge in [0.2, 0.25) is 11.1 Å². The van der Waals surface area contributed by atoms with Crippen LogP contribution in [0.5, 0.6) is 5.75 Å². The number of para-hydroxylation sites is 2. The molecule has 144 valence electrons. The second-order valence-electron chi connectivity index (χ2n) is 6.33. The third-order valence-corrected chi connectivity index (χ3v) is 5.82. The summed E-state index contributed by atoms with van der Waals surface area (Å²) < 4.78 is 7.24. The van der Waals surface area contributed by atoms with Crippen molar-refractivity contribution in [3.63, 3.8) is 0 Å². The van der Waals surface area contributed by atoms with Gasteiger partial charge in [0.15, 0.2) is 5.82 Å². The van der Waals surface area contributed by atoms with Crippen LogP contribution in [0.15, 0.2) is 59.8 Å². The van der Waals surface area contributed by atoms with Crippen LogP contribution in [0, 0.1) is 0 Å². The van der Waals surface area contributed by atoms with Crippen molar-refractivity contribution in [1.82, 2.24) is 14.9 Å². The molecular formula is C20H21N5O2S. The van der Waals surface area contributed by atoms with Gasteiger partial charge in [-0.05, 0) is 17.7 Å². The first-order chi connectivity index (χ1) is 13.7. The van der Waals surface area contributed by atoms with Crippen molar-refractivity contribution in [1.29, 1.82) is 0 Å². The van der Waals surface area contributed by atoms with E-state index in [2.05, 4.69) is 20.9 Å². The molecule has 1 aliphatic heterocycles. The molecule has 28 heavy (non-hydrogen) atoms. The molecule has 2 N–H and O–H groups in total. The zero-order valence-electron chi connectivity index (χ0n) is 15.6. The average Bonchev–Trinajstić information content (AvgIpc) is 3.16. The molecule has 4 rings (SSSR count). The number of amides is 1. The highest BCUT2D eigenvalue weighted by atomic mass is 32.2. The van der Waals surface area contributed by atoms with Gasteiger partial charge in [0.25, 0.3) is 0 Å². The molecule has 2 atom stereocenters. The number of aryl methyl sites for hydroxylation is 1. The Balaban J connectivity index is 1.67. The van der Waals surface area contributed by atoms with Gasteiger partial charge >= 0.3 is 0 Å². The van der Waals surface area contributed by atoms with Crippen LogP contribution in [0.25, 0.3) is 0 Å². The Morgan fingerprint density at radius 3 is 2.68 bits per heavy atom. The van der Waals surface area contributed by atoms with E-state index in [0.717, 1.165) is 17.8 Å². The summed E-state index contributed by atoms with van der Waals surface area (Å²) in [5.41, 5.74) is 5.10. The van der Waals surface area contributed by atoms with Gasteiger partial charge in [-0.25, -0.2) is 4.68 Å². The van der Waals surface area contributed by atoms with Gasteiger partial charge in [0, 0.05) is 6.42 Å². The van der Waals surface area contributed by atoms with Gasteiger partial charge in [0.1, 0.15) is 11.0 Å². The van der Waals surface area contributed by atoms with E-state index in [-0.39, 0.29) is 11.9 Å². The Labute approximate surface area is 167 Å². The van der Waals surface area contributed by atoms with Gasteiger partial charge in [-0.1, -0.05) is 61.2 Å². The molecule has 3 aromatic rings. The number of benzene rings is 2. The molecule has 0 bridgehead atoms. The lowest BCUT2D eigenvalue weighted by atomic mass is 10.0. The lowest BCUT2D eigenvalue weighted by Gasteiger charge is -2.33. The number of fused-ring (bicyclic) bond motifs is 1. The fraction of sp³-hybridized carbons (Fsp3) is 0.250. The average molecular weight is 395 g/mol. The summed E-state index contributed by atoms with van der Waals surface area (Å²) in [6, 6.07) is 17.1. The summed E-state index contributed by atoms with van der Waals surface area (Å²) in [4.78, 5) is 13.2. The number of nitrogens with zero attached hydrogens (tertiary/aromatic N) is 3. The first-order valence-corrected chi connectivity index (χ1v) is 9.95. The fourth-order valence-electron chi connectivity index (χ4n) is 3.19. The topological polar surface area (TPSA) is 81.1 Å². The van der Waals surface area contributed by atoms with Crippen LogP contribution in [-0.4, -0.2) is 33.1 Å². The standard InChI is InChI=1S/C20H21N5O2S/c1-3-16-22-23-20-25(16)24-17(13-9-5-4-6-10-13)18(28-20)19(26)21-14-11-7-8-12-15(14)27-2/h4-12,17-18,24H,3H2,1-2H3,(H,21,26)/t17-,18-/m0/s1. The molecular weight excluding hydrogens is 374 g/mol. The molecule has 2 heterocycles. The van der Waals surface area contributed by atoms with Crippen molar-refractivity contribution in [3.05, 3.63) is 66.0 Å². The largest absolute Gasteiger partial charge is 0.495 e. The van der Waals surface area contributed by atoms with Crippen LogP contribution in [0.3, 0.4) is 0 Å². The zero-order valence-corrected chi connectivity index (χ0v) is 16.4. The Kier molecular flexibility index (Phi) is 5.21. The smallest absolute Gasteiger partial charge is 0.240 e. The summed E-state index contributed by atoms with van der Waals surface area (Å²) in [6.07, 6.45) is 0.750. The lowest BCUT2D eigenvalue weighted by Crippen LogP contribution is -2.41. The molecule has 0 radical (unpaired) electrons. The number of rotatable bonds is 5. The number of thioether (sulfide) groups is 1. The zero-order chi connectivity index (χ0) is 19.5. The van der Waals surface area contributed by atoms with Gasteiger partial charge in [-0.2, -0.15) is 0 Å². The van der Waals surface area contributed by atoms with Gasteiger partial charge in [-0.15, -0.1) is 10.2 Å². The SMILES string of the molecule is CCc1nnc2n1N[C@@H](c1ccccc1)[C@@H](C(=O)Nc1ccccc1OC)S2. The number of nitrogens with one attached hydrogen (secondary N) is 2. The minimum atomic E-state index is -0.422. The number of hydrogen-bond donors (Lipinski definition) is 2. The quantitative estimate of drug-likeness (QED) is 0.690. The Bertz CT molecular complexity index is 976. The van der Waals surface area contributed by atoms with Crippen molar-refractivity contribution >= 4 is 23.4 Å². The number of ether oxygens (including phenoxy) is 1. The van der Waals surface area contributed by atoms with E-state index in [9.17, 15) is 4.79 Å². The highest BCUT2D eigenvalue weighted by Gasteiger charge is 2.37. The second-order valence-corrected chi connectivity index (χ2v) is 7.44. The maximum Gasteiger partial charge on any atom is 0.240 e. The number of anilines is 1. The van der Waals surface area contributed by atoms with E-state index in [1.54, 1.807) is 7.11 Å². The van der Waals surface area contributed by atoms with Crippen molar-refractivity contribution < 1.29 is 9.53 Å². The Hall–Kier alpha value is -3.00. The van der Waals surface area contributed by atoms with E-state index in [4.69, 9.17) is 4.74 Å². The van der Waals surface area contributed by atoms with E-state index < -0.39 is 5.25 Å². The maximum atomic E-state index is 13.2. The number of carbonyl (C=O) groups is 1. The molecule has 2 aromatic carbocycles. The van der Waals surface area contributed by atoms with E-state index in [1.807, 2.05) is 66.2 Å². The summed E-state index contributed by atoms with van der Waals surface area (Å²) >= 11 is 1.41. The van der Waals surface area contributed by atoms with Gasteiger partial charge in [0.05, 0.1) is 18.8 Å². The highest BCUT2D eigenvalue weighted by Crippen LogP contribution is 2.38. The van der Waals surface area contributed by atoms with Gasteiger partial charge < -0.3 is 15.5 Å². The molecule has 0 fully saturated rings. The summed E-state index contributed by atoms with van der Waals surface area (Å²) in [5, 5.41) is 11.7. The molecule has 0 saturated carbocycles. The molecule has 0 unspecified atom stereocenters. The fourth-order valence-corrected chi connectivity index (χ4v) is 4.29.